The smallest absolute Gasteiger partial charge is 0.314 e. The minimum absolute atomic E-state index is 0.101. The van der Waals surface area contributed by atoms with Crippen LogP contribution in [0.2, 0.25) is 0 Å². The van der Waals surface area contributed by atoms with Crippen molar-refractivity contribution in [2.45, 2.75) is 33.2 Å². The largest absolute Gasteiger partial charge is 0.415 e. The quantitative estimate of drug-likeness (QED) is 0.158. The van der Waals surface area contributed by atoms with Crippen LogP contribution in [0.4, 0.5) is 17.6 Å². The molecule has 0 unspecified atom stereocenters. The molecule has 0 atom stereocenters. The first-order chi connectivity index (χ1) is 18.4. The minimum Gasteiger partial charge on any atom is -0.415 e. The predicted octanol–water partition coefficient (Wildman–Crippen LogP) is 5.73. The van der Waals surface area contributed by atoms with E-state index in [1.165, 1.54) is 40.7 Å². The van der Waals surface area contributed by atoms with Crippen LogP contribution in [0.5, 0.6) is 0 Å². The number of pyridine rings is 2. The second kappa shape index (κ2) is 14.7. The van der Waals surface area contributed by atoms with E-state index in [-0.39, 0.29) is 22.9 Å². The van der Waals surface area contributed by atoms with Crippen molar-refractivity contribution in [3.05, 3.63) is 93.5 Å². The van der Waals surface area contributed by atoms with Crippen LogP contribution in [0.1, 0.15) is 38.5 Å². The normalized spacial score (nSPS) is 10.5. The molecule has 0 aliphatic carbocycles. The molecule has 4 aromatic rings. The van der Waals surface area contributed by atoms with Crippen LogP contribution in [0.3, 0.4) is 0 Å². The number of aromatic amines is 1. The Labute approximate surface area is 227 Å². The molecule has 0 amide bonds. The number of hydrogen-bond donors (Lipinski definition) is 1. The Morgan fingerprint density at radius 2 is 1.44 bits per heavy atom. The van der Waals surface area contributed by atoms with E-state index in [2.05, 4.69) is 58.9 Å². The average Bonchev–Trinajstić information content (AvgIpc) is 3.57. The molecule has 4 heterocycles. The summed E-state index contributed by atoms with van der Waals surface area (Å²) in [6.07, 6.45) is -2.75. The summed E-state index contributed by atoms with van der Waals surface area (Å²) in [5, 5.41) is 14.1. The van der Waals surface area contributed by atoms with Gasteiger partial charge in [0.05, 0.1) is 0 Å². The minimum atomic E-state index is -2.83. The highest BCUT2D eigenvalue weighted by atomic mass is 79.9. The molecule has 4 rings (SSSR count). The molecule has 0 aliphatic heterocycles. The van der Waals surface area contributed by atoms with Gasteiger partial charge in [0.15, 0.2) is 0 Å². The van der Waals surface area contributed by atoms with Crippen molar-refractivity contribution < 1.29 is 26.4 Å². The second-order valence-corrected chi connectivity index (χ2v) is 8.42. The fourth-order valence-electron chi connectivity index (χ4n) is 2.52. The van der Waals surface area contributed by atoms with Gasteiger partial charge in [0.2, 0.25) is 17.3 Å². The molecule has 0 aliphatic rings. The Hall–Kier alpha value is -4.14. The standard InChI is InChI=1S/C12H11F2N3O2.C8H5F2N3O2.C4H7Br/c1-7(2)6-17-4-3-8(5-9(17)18)11-15-16-12(19-11)10(13)14;9-6(10)8-13-12-7(15-8)4-1-2-11-5(14)3-4;1-4(2)3-5/h3-5,10H,1,6H2,2H3;1-3,6H,(H,11,14);1,3H2,2H3. The highest BCUT2D eigenvalue weighted by molar-refractivity contribution is 9.09. The summed E-state index contributed by atoms with van der Waals surface area (Å²) in [6.45, 7) is 11.5. The average molecular weight is 615 g/mol. The number of hydrogen-bond acceptors (Lipinski definition) is 8. The molecular formula is C24H23BrF4N6O4. The third-order valence-electron chi connectivity index (χ3n) is 4.19. The lowest BCUT2D eigenvalue weighted by molar-refractivity contribution is 0.115. The summed E-state index contributed by atoms with van der Waals surface area (Å²) < 4.78 is 59.7. The fourth-order valence-corrected chi connectivity index (χ4v) is 2.52. The zero-order valence-corrected chi connectivity index (χ0v) is 22.3. The molecule has 39 heavy (non-hydrogen) atoms. The van der Waals surface area contributed by atoms with E-state index < -0.39 is 24.6 Å². The van der Waals surface area contributed by atoms with Crippen molar-refractivity contribution in [3.8, 4) is 22.9 Å². The summed E-state index contributed by atoms with van der Waals surface area (Å²) in [4.78, 5) is 25.1. The number of H-pyrrole nitrogens is 1. The summed E-state index contributed by atoms with van der Waals surface area (Å²) >= 11 is 3.21. The zero-order chi connectivity index (χ0) is 29.1. The van der Waals surface area contributed by atoms with Gasteiger partial charge >= 0.3 is 12.9 Å². The highest BCUT2D eigenvalue weighted by Gasteiger charge is 2.18. The van der Waals surface area contributed by atoms with Crippen LogP contribution in [0.15, 0.2) is 79.4 Å². The monoisotopic (exact) mass is 614 g/mol. The second-order valence-electron chi connectivity index (χ2n) is 7.86. The number of rotatable bonds is 7. The van der Waals surface area contributed by atoms with E-state index in [1.54, 1.807) is 13.0 Å². The maximum atomic E-state index is 12.3. The van der Waals surface area contributed by atoms with Gasteiger partial charge in [0, 0.05) is 47.5 Å². The number of nitrogens with one attached hydrogen (secondary N) is 1. The van der Waals surface area contributed by atoms with Gasteiger partial charge in [0.1, 0.15) is 0 Å². The van der Waals surface area contributed by atoms with Gasteiger partial charge in [-0.1, -0.05) is 40.2 Å². The van der Waals surface area contributed by atoms with Crippen molar-refractivity contribution >= 4 is 15.9 Å². The van der Waals surface area contributed by atoms with Gasteiger partial charge in [-0.2, -0.15) is 17.6 Å². The molecule has 0 aromatic carbocycles. The van der Waals surface area contributed by atoms with Crippen molar-refractivity contribution in [1.82, 2.24) is 29.9 Å². The van der Waals surface area contributed by atoms with E-state index in [1.807, 2.05) is 6.92 Å². The number of alkyl halides is 5. The molecule has 0 saturated carbocycles. The molecule has 0 spiro atoms. The van der Waals surface area contributed by atoms with Crippen molar-refractivity contribution in [2.24, 2.45) is 0 Å². The first-order valence-corrected chi connectivity index (χ1v) is 12.0. The summed E-state index contributed by atoms with van der Waals surface area (Å²) in [7, 11) is 0. The number of nitrogens with zero attached hydrogens (tertiary/aromatic N) is 5. The van der Waals surface area contributed by atoms with E-state index in [4.69, 9.17) is 4.42 Å². The zero-order valence-electron chi connectivity index (χ0n) is 20.7. The molecule has 4 aromatic heterocycles. The predicted molar refractivity (Wildman–Crippen MR) is 138 cm³/mol. The van der Waals surface area contributed by atoms with E-state index in [9.17, 15) is 27.2 Å². The van der Waals surface area contributed by atoms with Gasteiger partial charge in [-0.3, -0.25) is 9.59 Å². The maximum absolute atomic E-state index is 12.3. The Balaban J connectivity index is 0.000000238. The molecule has 15 heteroatoms. The lowest BCUT2D eigenvalue weighted by atomic mass is 10.2. The Morgan fingerprint density at radius 1 is 0.923 bits per heavy atom. The number of halogens is 5. The first-order valence-electron chi connectivity index (χ1n) is 10.9. The molecule has 0 saturated heterocycles. The van der Waals surface area contributed by atoms with Crippen LogP contribution in [-0.2, 0) is 6.54 Å². The van der Waals surface area contributed by atoms with Crippen LogP contribution < -0.4 is 11.1 Å². The Bertz CT molecular complexity index is 1510. The number of allylic oxidation sites excluding steroid dienone is 2. The van der Waals surface area contributed by atoms with Crippen LogP contribution in [-0.4, -0.2) is 35.3 Å². The van der Waals surface area contributed by atoms with Crippen molar-refractivity contribution in [1.29, 1.82) is 0 Å². The molecule has 0 fully saturated rings. The summed E-state index contributed by atoms with van der Waals surface area (Å²) in [5.41, 5.74) is 1.94. The molecule has 0 bridgehead atoms. The lowest BCUT2D eigenvalue weighted by Gasteiger charge is -2.04. The van der Waals surface area contributed by atoms with E-state index in [0.717, 1.165) is 10.9 Å². The third-order valence-corrected chi connectivity index (χ3v) is 5.15. The Kier molecular flexibility index (Phi) is 11.7. The van der Waals surface area contributed by atoms with E-state index in [0.29, 0.717) is 17.7 Å². The highest BCUT2D eigenvalue weighted by Crippen LogP contribution is 2.23. The van der Waals surface area contributed by atoms with Gasteiger partial charge in [-0.25, -0.2) is 0 Å². The van der Waals surface area contributed by atoms with Crippen molar-refractivity contribution in [2.75, 3.05) is 5.33 Å². The first kappa shape index (κ1) is 31.1. The molecular weight excluding hydrogens is 592 g/mol. The summed E-state index contributed by atoms with van der Waals surface area (Å²) in [5.74, 6) is -1.72. The number of aromatic nitrogens is 6. The van der Waals surface area contributed by atoms with Crippen LogP contribution in [0, 0.1) is 0 Å². The summed E-state index contributed by atoms with van der Waals surface area (Å²) in [6, 6.07) is 5.46. The van der Waals surface area contributed by atoms with Crippen LogP contribution >= 0.6 is 15.9 Å². The fraction of sp³-hybridized carbons (Fsp3) is 0.250. The van der Waals surface area contributed by atoms with Crippen LogP contribution in [0.25, 0.3) is 22.9 Å². The van der Waals surface area contributed by atoms with Gasteiger partial charge < -0.3 is 18.4 Å². The Morgan fingerprint density at radius 3 is 1.82 bits per heavy atom. The lowest BCUT2D eigenvalue weighted by Crippen LogP contribution is -2.18. The molecule has 10 nitrogen and oxygen atoms in total. The van der Waals surface area contributed by atoms with Gasteiger partial charge in [0.25, 0.3) is 17.3 Å². The topological polar surface area (TPSA) is 133 Å². The molecule has 208 valence electrons. The molecule has 0 radical (unpaired) electrons. The third kappa shape index (κ3) is 9.92. The van der Waals surface area contributed by atoms with E-state index >= 15 is 0 Å². The maximum Gasteiger partial charge on any atom is 0.314 e. The van der Waals surface area contributed by atoms with Crippen molar-refractivity contribution in [3.63, 3.8) is 0 Å². The van der Waals surface area contributed by atoms with Gasteiger partial charge in [-0.05, 0) is 26.0 Å². The van der Waals surface area contributed by atoms with Gasteiger partial charge in [-0.15, -0.1) is 20.4 Å². The SMILES string of the molecule is C=C(C)CBr.C=C(C)Cn1ccc(-c2nnc(C(F)F)o2)cc1=O.O=c1cc(-c2nnc(C(F)F)o2)cc[nH]1. The molecule has 1 N–H and O–H groups in total.